The number of unbranched alkanes of at least 4 members (excludes halogenated alkanes) is 2. The molecule has 0 N–H and O–H groups in total. The summed E-state index contributed by atoms with van der Waals surface area (Å²) in [4.78, 5) is 24.5. The summed E-state index contributed by atoms with van der Waals surface area (Å²) in [6, 6.07) is 0. The molecule has 1 unspecified atom stereocenters. The number of esters is 2. The molecule has 0 saturated carbocycles. The highest BCUT2D eigenvalue weighted by Gasteiger charge is 2.31. The van der Waals surface area contributed by atoms with Crippen molar-refractivity contribution in [2.24, 2.45) is 5.92 Å². The maximum Gasteiger partial charge on any atom is 0.334 e. The maximum absolute atomic E-state index is 12.2. The number of carbonyl (C=O) groups excluding carboxylic acids is 2. The van der Waals surface area contributed by atoms with Gasteiger partial charge in [-0.2, -0.15) is 0 Å². The van der Waals surface area contributed by atoms with Crippen molar-refractivity contribution in [3.63, 3.8) is 0 Å². The van der Waals surface area contributed by atoms with Gasteiger partial charge in [0.25, 0.3) is 0 Å². The summed E-state index contributed by atoms with van der Waals surface area (Å²) in [6.45, 7) is 4.70. The SMILES string of the molecule is CCC/C=C/COC(=O)C1=CCCCC1C(=O)OC/C=C/CCC. The monoisotopic (exact) mass is 334 g/mol. The molecule has 4 nitrogen and oxygen atoms in total. The first-order chi connectivity index (χ1) is 11.7. The minimum atomic E-state index is -0.495. The number of rotatable bonds is 10. The fourth-order valence-corrected chi connectivity index (χ4v) is 2.49. The lowest BCUT2D eigenvalue weighted by atomic mass is 9.87. The quantitative estimate of drug-likeness (QED) is 0.435. The van der Waals surface area contributed by atoms with Gasteiger partial charge in [-0.1, -0.05) is 57.1 Å². The van der Waals surface area contributed by atoms with E-state index in [0.29, 0.717) is 12.0 Å². The second-order valence-corrected chi connectivity index (χ2v) is 5.89. The molecule has 1 aliphatic rings. The Morgan fingerprint density at radius 2 is 1.67 bits per heavy atom. The van der Waals surface area contributed by atoms with Gasteiger partial charge < -0.3 is 9.47 Å². The highest BCUT2D eigenvalue weighted by Crippen LogP contribution is 2.27. The predicted molar refractivity (Wildman–Crippen MR) is 95.4 cm³/mol. The molecule has 24 heavy (non-hydrogen) atoms. The molecule has 0 aromatic heterocycles. The smallest absolute Gasteiger partial charge is 0.334 e. The Morgan fingerprint density at radius 1 is 1.04 bits per heavy atom. The summed E-state index contributed by atoms with van der Waals surface area (Å²) >= 11 is 0. The molecule has 0 heterocycles. The molecule has 0 amide bonds. The van der Waals surface area contributed by atoms with Gasteiger partial charge in [-0.3, -0.25) is 4.79 Å². The minimum absolute atomic E-state index is 0.248. The molecule has 134 valence electrons. The Hall–Kier alpha value is -1.84. The molecule has 1 atom stereocenters. The molecule has 0 aromatic carbocycles. The summed E-state index contributed by atoms with van der Waals surface area (Å²) in [7, 11) is 0. The zero-order chi connectivity index (χ0) is 17.6. The van der Waals surface area contributed by atoms with Gasteiger partial charge in [-0.05, 0) is 32.1 Å². The molecule has 1 aliphatic carbocycles. The van der Waals surface area contributed by atoms with Crippen molar-refractivity contribution in [3.8, 4) is 0 Å². The van der Waals surface area contributed by atoms with E-state index in [4.69, 9.17) is 9.47 Å². The van der Waals surface area contributed by atoms with Crippen LogP contribution in [0.25, 0.3) is 0 Å². The Morgan fingerprint density at radius 3 is 2.29 bits per heavy atom. The third-order valence-corrected chi connectivity index (χ3v) is 3.83. The van der Waals surface area contributed by atoms with Crippen LogP contribution in [-0.4, -0.2) is 25.2 Å². The van der Waals surface area contributed by atoms with Crippen LogP contribution in [0.2, 0.25) is 0 Å². The Labute approximate surface area is 145 Å². The molecule has 1 rings (SSSR count). The van der Waals surface area contributed by atoms with Gasteiger partial charge in [0.15, 0.2) is 0 Å². The van der Waals surface area contributed by atoms with E-state index in [1.54, 1.807) is 0 Å². The van der Waals surface area contributed by atoms with Crippen molar-refractivity contribution < 1.29 is 19.1 Å². The average molecular weight is 334 g/mol. The van der Waals surface area contributed by atoms with Crippen LogP contribution in [0.15, 0.2) is 36.0 Å². The standard InChI is InChI=1S/C20H30O4/c1-3-5-7-11-15-23-19(21)17-13-9-10-14-18(17)20(22)24-16-12-8-6-4-2/h7-8,11-13,18H,3-6,9-10,14-16H2,1-2H3/b11-7+,12-8+. The highest BCUT2D eigenvalue weighted by atomic mass is 16.5. The lowest BCUT2D eigenvalue weighted by Crippen LogP contribution is -2.27. The highest BCUT2D eigenvalue weighted by molar-refractivity contribution is 5.95. The van der Waals surface area contributed by atoms with Crippen molar-refractivity contribution in [2.45, 2.75) is 58.8 Å². The molecule has 0 bridgehead atoms. The van der Waals surface area contributed by atoms with E-state index in [2.05, 4.69) is 13.8 Å². The van der Waals surface area contributed by atoms with Crippen LogP contribution in [0, 0.1) is 5.92 Å². The molecule has 4 heteroatoms. The largest absolute Gasteiger partial charge is 0.461 e. The average Bonchev–Trinajstić information content (AvgIpc) is 2.61. The fraction of sp³-hybridized carbons (Fsp3) is 0.600. The van der Waals surface area contributed by atoms with Crippen molar-refractivity contribution in [3.05, 3.63) is 36.0 Å². The Kier molecular flexibility index (Phi) is 10.6. The lowest BCUT2D eigenvalue weighted by molar-refractivity contribution is -0.149. The van der Waals surface area contributed by atoms with Crippen molar-refractivity contribution in [1.29, 1.82) is 0 Å². The van der Waals surface area contributed by atoms with Crippen LogP contribution in [0.4, 0.5) is 0 Å². The second-order valence-electron chi connectivity index (χ2n) is 5.89. The van der Waals surface area contributed by atoms with Crippen molar-refractivity contribution in [1.82, 2.24) is 0 Å². The van der Waals surface area contributed by atoms with Gasteiger partial charge in [0.1, 0.15) is 13.2 Å². The van der Waals surface area contributed by atoms with E-state index in [9.17, 15) is 9.59 Å². The van der Waals surface area contributed by atoms with Crippen molar-refractivity contribution >= 4 is 11.9 Å². The van der Waals surface area contributed by atoms with Crippen LogP contribution < -0.4 is 0 Å². The molecule has 0 saturated heterocycles. The summed E-state index contributed by atoms with van der Waals surface area (Å²) in [5.74, 6) is -1.23. The van der Waals surface area contributed by atoms with Crippen molar-refractivity contribution in [2.75, 3.05) is 13.2 Å². The van der Waals surface area contributed by atoms with Gasteiger partial charge in [0, 0.05) is 5.57 Å². The second kappa shape index (κ2) is 12.6. The van der Waals surface area contributed by atoms with Crippen LogP contribution in [0.3, 0.4) is 0 Å². The normalized spacial score (nSPS) is 17.9. The number of hydrogen-bond acceptors (Lipinski definition) is 4. The number of allylic oxidation sites excluding steroid dienone is 3. The van der Waals surface area contributed by atoms with Crippen LogP contribution in [0.5, 0.6) is 0 Å². The van der Waals surface area contributed by atoms with Gasteiger partial charge >= 0.3 is 11.9 Å². The molecule has 0 radical (unpaired) electrons. The van der Waals surface area contributed by atoms with Crippen LogP contribution >= 0.6 is 0 Å². The first-order valence-corrected chi connectivity index (χ1v) is 9.04. The Balaban J connectivity index is 2.50. The Bertz CT molecular complexity index is 474. The van der Waals surface area contributed by atoms with E-state index in [1.807, 2.05) is 30.4 Å². The van der Waals surface area contributed by atoms with E-state index < -0.39 is 11.9 Å². The lowest BCUT2D eigenvalue weighted by Gasteiger charge is -2.21. The summed E-state index contributed by atoms with van der Waals surface area (Å²) in [5, 5.41) is 0. The van der Waals surface area contributed by atoms with E-state index in [0.717, 1.165) is 38.5 Å². The predicted octanol–water partition coefficient (Wildman–Crippen LogP) is 4.51. The molecule has 0 aromatic rings. The molecular weight excluding hydrogens is 304 g/mol. The zero-order valence-electron chi connectivity index (χ0n) is 15.0. The van der Waals surface area contributed by atoms with Gasteiger partial charge in [0.2, 0.25) is 0 Å². The number of carbonyl (C=O) groups is 2. The minimum Gasteiger partial charge on any atom is -0.461 e. The van der Waals surface area contributed by atoms with E-state index in [1.165, 1.54) is 0 Å². The van der Waals surface area contributed by atoms with Crippen LogP contribution in [-0.2, 0) is 19.1 Å². The van der Waals surface area contributed by atoms with E-state index in [-0.39, 0.29) is 19.2 Å². The number of hydrogen-bond donors (Lipinski definition) is 0. The fourth-order valence-electron chi connectivity index (χ4n) is 2.49. The summed E-state index contributed by atoms with van der Waals surface area (Å²) in [6.07, 6.45) is 15.9. The topological polar surface area (TPSA) is 52.6 Å². The summed E-state index contributed by atoms with van der Waals surface area (Å²) < 4.78 is 10.5. The van der Waals surface area contributed by atoms with Gasteiger partial charge in [0.05, 0.1) is 5.92 Å². The molecular formula is C20H30O4. The number of ether oxygens (including phenoxy) is 2. The zero-order valence-corrected chi connectivity index (χ0v) is 15.0. The van der Waals surface area contributed by atoms with Crippen LogP contribution in [0.1, 0.15) is 58.8 Å². The molecule has 0 spiro atoms. The van der Waals surface area contributed by atoms with Gasteiger partial charge in [-0.15, -0.1) is 0 Å². The first-order valence-electron chi connectivity index (χ1n) is 9.04. The third kappa shape index (κ3) is 7.62. The maximum atomic E-state index is 12.2. The van der Waals surface area contributed by atoms with Gasteiger partial charge in [-0.25, -0.2) is 4.79 Å². The molecule has 0 fully saturated rings. The van der Waals surface area contributed by atoms with E-state index >= 15 is 0 Å². The third-order valence-electron chi connectivity index (χ3n) is 3.83. The molecule has 0 aliphatic heterocycles. The first kappa shape index (κ1) is 20.2. The summed E-state index contributed by atoms with van der Waals surface area (Å²) in [5.41, 5.74) is 0.452.